The van der Waals surface area contributed by atoms with E-state index in [2.05, 4.69) is 15.4 Å². The Balaban J connectivity index is 1.65. The summed E-state index contributed by atoms with van der Waals surface area (Å²) >= 11 is 1.39. The van der Waals surface area contributed by atoms with Crippen LogP contribution in [0.25, 0.3) is 4.96 Å². The van der Waals surface area contributed by atoms with E-state index < -0.39 is 5.82 Å². The Labute approximate surface area is 153 Å². The zero-order chi connectivity index (χ0) is 18.7. The summed E-state index contributed by atoms with van der Waals surface area (Å²) in [6.45, 7) is 2.56. The molecule has 0 spiro atoms. The van der Waals surface area contributed by atoms with Gasteiger partial charge in [0.1, 0.15) is 23.1 Å². The van der Waals surface area contributed by atoms with Crippen molar-refractivity contribution in [2.75, 3.05) is 18.9 Å². The van der Waals surface area contributed by atoms with Gasteiger partial charge in [-0.05, 0) is 24.6 Å². The van der Waals surface area contributed by atoms with Crippen molar-refractivity contribution in [3.63, 3.8) is 0 Å². The van der Waals surface area contributed by atoms with Crippen LogP contribution in [0, 0.1) is 5.82 Å². The normalized spacial score (nSPS) is 12.3. The number of benzene rings is 1. The molecule has 0 saturated carbocycles. The average molecular weight is 376 g/mol. The number of likely N-dealkylation sites (N-methyl/N-ethyl adjacent to an activating group) is 1. The highest BCUT2D eigenvalue weighted by molar-refractivity contribution is 7.16. The second-order valence-electron chi connectivity index (χ2n) is 6.00. The molecular weight excluding hydrogens is 357 g/mol. The lowest BCUT2D eigenvalue weighted by atomic mass is 10.3. The summed E-state index contributed by atoms with van der Waals surface area (Å²) in [5.74, 6) is -0.644. The number of fused-ring (bicyclic) bond motifs is 1. The van der Waals surface area contributed by atoms with Gasteiger partial charge in [0.15, 0.2) is 6.54 Å². The van der Waals surface area contributed by atoms with Crippen molar-refractivity contribution in [3.8, 4) is 0 Å². The topological polar surface area (TPSA) is 80.8 Å². The maximum atomic E-state index is 13.2. The van der Waals surface area contributed by atoms with Gasteiger partial charge in [-0.2, -0.15) is 9.61 Å². The van der Waals surface area contributed by atoms with E-state index in [4.69, 9.17) is 0 Å². The van der Waals surface area contributed by atoms with Crippen LogP contribution >= 0.6 is 11.3 Å². The molecule has 1 unspecified atom stereocenters. The molecule has 0 aliphatic carbocycles. The van der Waals surface area contributed by atoms with Crippen molar-refractivity contribution in [3.05, 3.63) is 57.2 Å². The van der Waals surface area contributed by atoms with E-state index in [1.807, 2.05) is 14.0 Å². The minimum atomic E-state index is -0.405. The Kier molecular flexibility index (Phi) is 5.38. The number of nitrogens with zero attached hydrogens (tertiary/aromatic N) is 3. The number of carbonyl (C=O) groups excluding carboxylic acids is 1. The quantitative estimate of drug-likeness (QED) is 0.657. The second kappa shape index (κ2) is 7.71. The molecule has 3 aromatic rings. The predicted molar refractivity (Wildman–Crippen MR) is 97.0 cm³/mol. The number of aromatic nitrogens is 3. The van der Waals surface area contributed by atoms with Gasteiger partial charge < -0.3 is 10.2 Å². The lowest BCUT2D eigenvalue weighted by molar-refractivity contribution is -0.885. The molecule has 7 nitrogen and oxygen atoms in total. The summed E-state index contributed by atoms with van der Waals surface area (Å²) in [7, 11) is 1.83. The van der Waals surface area contributed by atoms with Crippen LogP contribution < -0.4 is 15.8 Å². The van der Waals surface area contributed by atoms with E-state index >= 15 is 0 Å². The number of hydrogen-bond donors (Lipinski definition) is 2. The standard InChI is InChI=1S/C17H18FN5O2S/c1-3-15-21-23-16(25)8-13(20-17(23)26-15)9-22(2)10-14(24)19-12-6-4-5-11(18)7-12/h4-8H,3,9-10H2,1-2H3,(H,19,24)/p+1. The van der Waals surface area contributed by atoms with Crippen LogP contribution in [-0.2, 0) is 17.8 Å². The van der Waals surface area contributed by atoms with Crippen LogP contribution in [0.1, 0.15) is 17.6 Å². The second-order valence-corrected chi connectivity index (χ2v) is 7.04. The molecule has 26 heavy (non-hydrogen) atoms. The molecule has 0 aliphatic rings. The first-order chi connectivity index (χ1) is 12.4. The van der Waals surface area contributed by atoms with Gasteiger partial charge >= 0.3 is 0 Å². The molecule has 2 aromatic heterocycles. The van der Waals surface area contributed by atoms with E-state index in [9.17, 15) is 14.0 Å². The zero-order valence-electron chi connectivity index (χ0n) is 14.5. The van der Waals surface area contributed by atoms with Crippen molar-refractivity contribution >= 4 is 27.9 Å². The summed E-state index contributed by atoms with van der Waals surface area (Å²) in [5, 5.41) is 7.72. The Morgan fingerprint density at radius 2 is 2.19 bits per heavy atom. The molecule has 3 rings (SSSR count). The minimum absolute atomic E-state index is 0.167. The molecule has 0 radical (unpaired) electrons. The highest BCUT2D eigenvalue weighted by Gasteiger charge is 2.14. The van der Waals surface area contributed by atoms with E-state index in [0.717, 1.165) is 16.3 Å². The summed E-state index contributed by atoms with van der Waals surface area (Å²) in [4.78, 5) is 30.1. The average Bonchev–Trinajstić information content (AvgIpc) is 2.98. The van der Waals surface area contributed by atoms with E-state index in [1.165, 1.54) is 40.1 Å². The fourth-order valence-corrected chi connectivity index (χ4v) is 3.40. The SMILES string of the molecule is CCc1nn2c(=O)cc(C[NH+](C)CC(=O)Nc3cccc(F)c3)nc2s1. The zero-order valence-corrected chi connectivity index (χ0v) is 15.3. The Morgan fingerprint density at radius 3 is 2.92 bits per heavy atom. The number of anilines is 1. The molecule has 1 amide bonds. The lowest BCUT2D eigenvalue weighted by Gasteiger charge is -2.13. The van der Waals surface area contributed by atoms with Gasteiger partial charge in [-0.25, -0.2) is 9.37 Å². The number of aryl methyl sites for hydroxylation is 1. The van der Waals surface area contributed by atoms with Crippen LogP contribution in [0.5, 0.6) is 0 Å². The summed E-state index contributed by atoms with van der Waals surface area (Å²) < 4.78 is 14.5. The third-order valence-electron chi connectivity index (χ3n) is 3.70. The fraction of sp³-hybridized carbons (Fsp3) is 0.294. The van der Waals surface area contributed by atoms with Crippen molar-refractivity contribution in [1.29, 1.82) is 0 Å². The van der Waals surface area contributed by atoms with E-state index in [0.29, 0.717) is 22.9 Å². The summed E-state index contributed by atoms with van der Waals surface area (Å²) in [5.41, 5.74) is 0.799. The Morgan fingerprint density at radius 1 is 1.38 bits per heavy atom. The Bertz CT molecular complexity index is 1000. The van der Waals surface area contributed by atoms with Gasteiger partial charge in [-0.1, -0.05) is 24.3 Å². The number of rotatable bonds is 6. The predicted octanol–water partition coefficient (Wildman–Crippen LogP) is 0.506. The molecule has 1 aromatic carbocycles. The number of amides is 1. The van der Waals surface area contributed by atoms with Crippen LogP contribution in [0.2, 0.25) is 0 Å². The van der Waals surface area contributed by atoms with Gasteiger partial charge in [0.05, 0.1) is 7.05 Å². The van der Waals surface area contributed by atoms with Crippen molar-refractivity contribution < 1.29 is 14.1 Å². The van der Waals surface area contributed by atoms with Crippen molar-refractivity contribution in [2.24, 2.45) is 0 Å². The van der Waals surface area contributed by atoms with E-state index in [-0.39, 0.29) is 18.0 Å². The molecule has 0 aliphatic heterocycles. The van der Waals surface area contributed by atoms with Gasteiger partial charge in [-0.3, -0.25) is 9.59 Å². The molecule has 2 N–H and O–H groups in total. The van der Waals surface area contributed by atoms with Gasteiger partial charge in [-0.15, -0.1) is 0 Å². The fourth-order valence-electron chi connectivity index (χ4n) is 2.55. The van der Waals surface area contributed by atoms with Gasteiger partial charge in [0.25, 0.3) is 11.5 Å². The maximum absolute atomic E-state index is 13.2. The van der Waals surface area contributed by atoms with Crippen LogP contribution in [-0.4, -0.2) is 34.1 Å². The number of carbonyl (C=O) groups is 1. The smallest absolute Gasteiger partial charge is 0.279 e. The number of quaternary nitrogens is 1. The third kappa shape index (κ3) is 4.30. The third-order valence-corrected chi connectivity index (χ3v) is 4.75. The lowest BCUT2D eigenvalue weighted by Crippen LogP contribution is -3.08. The van der Waals surface area contributed by atoms with Gasteiger partial charge in [0.2, 0.25) is 4.96 Å². The molecule has 136 valence electrons. The Hall–Kier alpha value is -2.65. The minimum Gasteiger partial charge on any atom is -0.325 e. The molecule has 0 saturated heterocycles. The van der Waals surface area contributed by atoms with Crippen molar-refractivity contribution in [2.45, 2.75) is 19.9 Å². The monoisotopic (exact) mass is 376 g/mol. The highest BCUT2D eigenvalue weighted by atomic mass is 32.1. The van der Waals surface area contributed by atoms with Crippen molar-refractivity contribution in [1.82, 2.24) is 14.6 Å². The van der Waals surface area contributed by atoms with Crippen LogP contribution in [0.3, 0.4) is 0 Å². The molecule has 1 atom stereocenters. The maximum Gasteiger partial charge on any atom is 0.279 e. The summed E-state index contributed by atoms with van der Waals surface area (Å²) in [6.07, 6.45) is 0.744. The first kappa shape index (κ1) is 18.2. The molecule has 2 heterocycles. The highest BCUT2D eigenvalue weighted by Crippen LogP contribution is 2.11. The molecule has 0 fully saturated rings. The van der Waals surface area contributed by atoms with Crippen LogP contribution in [0.15, 0.2) is 35.1 Å². The van der Waals surface area contributed by atoms with Crippen LogP contribution in [0.4, 0.5) is 10.1 Å². The first-order valence-corrected chi connectivity index (χ1v) is 9.01. The molecule has 0 bridgehead atoms. The largest absolute Gasteiger partial charge is 0.325 e. The summed E-state index contributed by atoms with van der Waals surface area (Å²) in [6, 6.07) is 7.19. The van der Waals surface area contributed by atoms with E-state index in [1.54, 1.807) is 6.07 Å². The molecular formula is C17H19FN5O2S+. The number of halogens is 1. The first-order valence-electron chi connectivity index (χ1n) is 8.20. The van der Waals surface area contributed by atoms with Gasteiger partial charge in [0, 0.05) is 11.8 Å². The number of hydrogen-bond acceptors (Lipinski definition) is 5. The molecule has 9 heteroatoms. The number of nitrogens with one attached hydrogen (secondary N) is 2.